The van der Waals surface area contributed by atoms with Crippen molar-refractivity contribution in [1.29, 1.82) is 0 Å². The third-order valence-electron chi connectivity index (χ3n) is 3.81. The normalized spacial score (nSPS) is 12.5. The largest absolute Gasteiger partial charge is 0.481 e. The van der Waals surface area contributed by atoms with Gasteiger partial charge in [-0.3, -0.25) is 14.4 Å². The standard InChI is InChI=1S/C18H17N3O7/c1-10(20-21-18(25)13-3-2-6-26-13)11-7-14-15(28-9-27-14)8-12(11)19-16(22)4-5-17(23)24/h2-3,6-8H,4-5,9H2,1H3,(H,19,22)(H,21,25)(H,23,24)/b20-10-. The average Bonchev–Trinajstić information content (AvgIpc) is 3.34. The van der Waals surface area contributed by atoms with Gasteiger partial charge in [0, 0.05) is 18.1 Å². The monoisotopic (exact) mass is 387 g/mol. The summed E-state index contributed by atoms with van der Waals surface area (Å²) in [5.41, 5.74) is 3.58. The summed E-state index contributed by atoms with van der Waals surface area (Å²) in [5.74, 6) is -1.08. The molecule has 0 aliphatic carbocycles. The molecule has 0 atom stereocenters. The Morgan fingerprint density at radius 1 is 1.18 bits per heavy atom. The number of amides is 2. The molecule has 10 nitrogen and oxygen atoms in total. The Labute approximate surface area is 159 Å². The van der Waals surface area contributed by atoms with Gasteiger partial charge in [0.25, 0.3) is 0 Å². The Hall–Kier alpha value is -3.82. The van der Waals surface area contributed by atoms with Crippen molar-refractivity contribution in [1.82, 2.24) is 5.43 Å². The number of carbonyl (C=O) groups is 3. The van der Waals surface area contributed by atoms with Crippen LogP contribution >= 0.6 is 0 Å². The molecule has 146 valence electrons. The van der Waals surface area contributed by atoms with Crippen LogP contribution in [0.1, 0.15) is 35.9 Å². The van der Waals surface area contributed by atoms with Crippen LogP contribution in [0.3, 0.4) is 0 Å². The molecule has 10 heteroatoms. The molecule has 1 aromatic heterocycles. The van der Waals surface area contributed by atoms with Gasteiger partial charge in [-0.1, -0.05) is 0 Å². The zero-order chi connectivity index (χ0) is 20.1. The molecule has 0 spiro atoms. The Morgan fingerprint density at radius 2 is 1.93 bits per heavy atom. The van der Waals surface area contributed by atoms with Crippen LogP contribution in [-0.2, 0) is 9.59 Å². The summed E-state index contributed by atoms with van der Waals surface area (Å²) in [7, 11) is 0. The highest BCUT2D eigenvalue weighted by molar-refractivity contribution is 6.08. The van der Waals surface area contributed by atoms with E-state index in [1.165, 1.54) is 12.3 Å². The first-order valence-electron chi connectivity index (χ1n) is 8.28. The van der Waals surface area contributed by atoms with E-state index in [0.717, 1.165) is 0 Å². The Kier molecular flexibility index (Phi) is 5.58. The highest BCUT2D eigenvalue weighted by Gasteiger charge is 2.20. The molecule has 28 heavy (non-hydrogen) atoms. The van der Waals surface area contributed by atoms with Gasteiger partial charge in [-0.25, -0.2) is 5.43 Å². The molecule has 3 N–H and O–H groups in total. The number of hydrogen-bond donors (Lipinski definition) is 3. The molecule has 1 aromatic carbocycles. The second-order valence-corrected chi connectivity index (χ2v) is 5.81. The predicted molar refractivity (Wildman–Crippen MR) is 96.4 cm³/mol. The molecule has 1 aliphatic heterocycles. The van der Waals surface area contributed by atoms with Crippen molar-refractivity contribution in [2.45, 2.75) is 19.8 Å². The lowest BCUT2D eigenvalue weighted by atomic mass is 10.1. The minimum absolute atomic E-state index is 0.0383. The van der Waals surface area contributed by atoms with Gasteiger partial charge in [-0.15, -0.1) is 0 Å². The number of fused-ring (bicyclic) bond motifs is 1. The fourth-order valence-electron chi connectivity index (χ4n) is 2.44. The summed E-state index contributed by atoms with van der Waals surface area (Å²) in [6, 6.07) is 6.25. The molecule has 0 saturated heterocycles. The first-order valence-corrected chi connectivity index (χ1v) is 8.28. The molecule has 0 unspecified atom stereocenters. The van der Waals surface area contributed by atoms with E-state index in [9.17, 15) is 14.4 Å². The first-order chi connectivity index (χ1) is 13.4. The fourth-order valence-corrected chi connectivity index (χ4v) is 2.44. The Balaban J connectivity index is 1.81. The van der Waals surface area contributed by atoms with E-state index in [-0.39, 0.29) is 25.4 Å². The Morgan fingerprint density at radius 3 is 2.61 bits per heavy atom. The summed E-state index contributed by atoms with van der Waals surface area (Å²) in [5, 5.41) is 15.4. The molecule has 0 radical (unpaired) electrons. The minimum atomic E-state index is -1.07. The number of rotatable bonds is 7. The first kappa shape index (κ1) is 19.0. The number of hydrogen-bond acceptors (Lipinski definition) is 7. The van der Waals surface area contributed by atoms with Crippen molar-refractivity contribution in [3.63, 3.8) is 0 Å². The lowest BCUT2D eigenvalue weighted by Gasteiger charge is -2.12. The molecular formula is C18H17N3O7. The maximum Gasteiger partial charge on any atom is 0.307 e. The minimum Gasteiger partial charge on any atom is -0.481 e. The smallest absolute Gasteiger partial charge is 0.307 e. The maximum absolute atomic E-state index is 12.0. The van der Waals surface area contributed by atoms with Crippen LogP contribution in [0.25, 0.3) is 0 Å². The lowest BCUT2D eigenvalue weighted by molar-refractivity contribution is -0.138. The molecule has 0 saturated carbocycles. The van der Waals surface area contributed by atoms with Gasteiger partial charge in [0.15, 0.2) is 17.3 Å². The zero-order valence-corrected chi connectivity index (χ0v) is 14.9. The summed E-state index contributed by atoms with van der Waals surface area (Å²) in [4.78, 5) is 34.7. The van der Waals surface area contributed by atoms with Gasteiger partial charge < -0.3 is 24.3 Å². The van der Waals surface area contributed by atoms with Crippen LogP contribution < -0.4 is 20.2 Å². The van der Waals surface area contributed by atoms with Gasteiger partial charge in [0.05, 0.1) is 24.1 Å². The van der Waals surface area contributed by atoms with Crippen molar-refractivity contribution in [3.05, 3.63) is 41.9 Å². The summed E-state index contributed by atoms with van der Waals surface area (Å²) in [6.45, 7) is 1.67. The van der Waals surface area contributed by atoms with Gasteiger partial charge in [-0.2, -0.15) is 5.10 Å². The third-order valence-corrected chi connectivity index (χ3v) is 3.81. The van der Waals surface area contributed by atoms with Crippen molar-refractivity contribution >= 4 is 29.2 Å². The van der Waals surface area contributed by atoms with E-state index in [2.05, 4.69) is 15.8 Å². The maximum atomic E-state index is 12.0. The van der Waals surface area contributed by atoms with Gasteiger partial charge >= 0.3 is 11.9 Å². The number of benzene rings is 1. The van der Waals surface area contributed by atoms with Crippen molar-refractivity contribution in [2.24, 2.45) is 5.10 Å². The summed E-state index contributed by atoms with van der Waals surface area (Å²) in [6.07, 6.45) is 0.890. The summed E-state index contributed by atoms with van der Waals surface area (Å²) >= 11 is 0. The van der Waals surface area contributed by atoms with Crippen LogP contribution in [0, 0.1) is 0 Å². The topological polar surface area (TPSA) is 139 Å². The Bertz CT molecular complexity index is 935. The number of furan rings is 1. The van der Waals surface area contributed by atoms with E-state index < -0.39 is 17.8 Å². The number of anilines is 1. The fraction of sp³-hybridized carbons (Fsp3) is 0.222. The van der Waals surface area contributed by atoms with E-state index in [1.807, 2.05) is 0 Å². The van der Waals surface area contributed by atoms with Crippen LogP contribution in [0.2, 0.25) is 0 Å². The SMILES string of the molecule is C/C(=N/NC(=O)c1ccco1)c1cc2c(cc1NC(=O)CCC(=O)O)OCO2. The molecule has 3 rings (SSSR count). The quantitative estimate of drug-likeness (QED) is 0.487. The third kappa shape index (κ3) is 4.47. The summed E-state index contributed by atoms with van der Waals surface area (Å²) < 4.78 is 15.6. The molecule has 1 aliphatic rings. The highest BCUT2D eigenvalue weighted by Crippen LogP contribution is 2.37. The number of ether oxygens (including phenoxy) is 2. The number of nitrogens with zero attached hydrogens (tertiary/aromatic N) is 1. The number of carboxylic acids is 1. The second kappa shape index (κ2) is 8.25. The number of hydrazone groups is 1. The van der Waals surface area contributed by atoms with Crippen molar-refractivity contribution in [2.75, 3.05) is 12.1 Å². The highest BCUT2D eigenvalue weighted by atomic mass is 16.7. The molecule has 2 aromatic rings. The van der Waals surface area contributed by atoms with Crippen LogP contribution in [0.15, 0.2) is 40.0 Å². The van der Waals surface area contributed by atoms with E-state index in [1.54, 1.807) is 25.1 Å². The number of aliphatic carboxylic acids is 1. The van der Waals surface area contributed by atoms with Crippen molar-refractivity contribution < 1.29 is 33.4 Å². The molecule has 2 amide bonds. The predicted octanol–water partition coefficient (Wildman–Crippen LogP) is 1.97. The van der Waals surface area contributed by atoms with E-state index in [0.29, 0.717) is 28.5 Å². The van der Waals surface area contributed by atoms with Gasteiger partial charge in [0.1, 0.15) is 0 Å². The molecule has 0 fully saturated rings. The number of carbonyl (C=O) groups excluding carboxylic acids is 2. The van der Waals surface area contributed by atoms with Crippen LogP contribution in [0.4, 0.5) is 5.69 Å². The van der Waals surface area contributed by atoms with Crippen LogP contribution in [-0.4, -0.2) is 35.4 Å². The number of carboxylic acid groups (broad SMARTS) is 1. The second-order valence-electron chi connectivity index (χ2n) is 5.81. The molecule has 2 heterocycles. The lowest BCUT2D eigenvalue weighted by Crippen LogP contribution is -2.20. The van der Waals surface area contributed by atoms with Gasteiger partial charge in [0.2, 0.25) is 12.7 Å². The van der Waals surface area contributed by atoms with E-state index >= 15 is 0 Å². The zero-order valence-electron chi connectivity index (χ0n) is 14.9. The number of nitrogens with one attached hydrogen (secondary N) is 2. The van der Waals surface area contributed by atoms with Crippen molar-refractivity contribution in [3.8, 4) is 11.5 Å². The molecule has 0 bridgehead atoms. The van der Waals surface area contributed by atoms with Crippen LogP contribution in [0.5, 0.6) is 11.5 Å². The van der Waals surface area contributed by atoms with E-state index in [4.69, 9.17) is 19.0 Å². The average molecular weight is 387 g/mol. The molecular weight excluding hydrogens is 370 g/mol. The van der Waals surface area contributed by atoms with Gasteiger partial charge in [-0.05, 0) is 25.1 Å².